The number of halogens is 1. The van der Waals surface area contributed by atoms with E-state index in [0.29, 0.717) is 11.5 Å². The number of anilines is 2. The van der Waals surface area contributed by atoms with Gasteiger partial charge in [-0.2, -0.15) is 0 Å². The van der Waals surface area contributed by atoms with Crippen molar-refractivity contribution in [3.05, 3.63) is 46.4 Å². The molecule has 19 heavy (non-hydrogen) atoms. The molecule has 0 amide bonds. The summed E-state index contributed by atoms with van der Waals surface area (Å²) in [4.78, 5) is 19.4. The third-order valence-electron chi connectivity index (χ3n) is 2.66. The summed E-state index contributed by atoms with van der Waals surface area (Å²) in [6, 6.07) is 4.62. The number of carboxylic acid groups (broad SMARTS) is 1. The van der Waals surface area contributed by atoms with Crippen molar-refractivity contribution in [1.82, 2.24) is 9.97 Å². The van der Waals surface area contributed by atoms with Crippen molar-refractivity contribution in [2.75, 3.05) is 5.32 Å². The average Bonchev–Trinajstić information content (AvgIpc) is 2.33. The standard InChI is InChI=1S/C13H12ClN3O2/c1-7-8(2)16-12(6-15-7)17-9-3-4-10(13(18)19)11(14)5-9/h3-6H,1-2H3,(H,16,17)(H,18,19). The van der Waals surface area contributed by atoms with Crippen molar-refractivity contribution in [2.24, 2.45) is 0 Å². The van der Waals surface area contributed by atoms with Crippen LogP contribution in [-0.4, -0.2) is 21.0 Å². The van der Waals surface area contributed by atoms with E-state index in [1.165, 1.54) is 6.07 Å². The molecular weight excluding hydrogens is 266 g/mol. The second-order valence-electron chi connectivity index (χ2n) is 4.05. The van der Waals surface area contributed by atoms with Crippen molar-refractivity contribution in [1.29, 1.82) is 0 Å². The summed E-state index contributed by atoms with van der Waals surface area (Å²) in [5, 5.41) is 12.1. The molecule has 0 fully saturated rings. The van der Waals surface area contributed by atoms with Crippen LogP contribution in [0.2, 0.25) is 5.02 Å². The molecule has 0 bridgehead atoms. The van der Waals surface area contributed by atoms with Crippen LogP contribution in [0.5, 0.6) is 0 Å². The fourth-order valence-corrected chi connectivity index (χ4v) is 1.78. The lowest BCUT2D eigenvalue weighted by Gasteiger charge is -2.08. The molecule has 6 heteroatoms. The first-order chi connectivity index (χ1) is 8.97. The second-order valence-corrected chi connectivity index (χ2v) is 4.46. The Bertz CT molecular complexity index is 644. The normalized spacial score (nSPS) is 10.3. The van der Waals surface area contributed by atoms with E-state index in [0.717, 1.165) is 11.4 Å². The maximum absolute atomic E-state index is 10.8. The van der Waals surface area contributed by atoms with Crippen molar-refractivity contribution in [3.63, 3.8) is 0 Å². The van der Waals surface area contributed by atoms with Crippen LogP contribution in [0.3, 0.4) is 0 Å². The van der Waals surface area contributed by atoms with Gasteiger partial charge in [0, 0.05) is 5.69 Å². The molecule has 0 radical (unpaired) electrons. The Morgan fingerprint density at radius 2 is 2.05 bits per heavy atom. The van der Waals surface area contributed by atoms with Crippen LogP contribution >= 0.6 is 11.6 Å². The van der Waals surface area contributed by atoms with Gasteiger partial charge in [0.05, 0.1) is 28.2 Å². The highest BCUT2D eigenvalue weighted by molar-refractivity contribution is 6.33. The first kappa shape index (κ1) is 13.3. The van der Waals surface area contributed by atoms with Crippen LogP contribution in [0.1, 0.15) is 21.7 Å². The summed E-state index contributed by atoms with van der Waals surface area (Å²) in [5.41, 5.74) is 2.43. The predicted molar refractivity (Wildman–Crippen MR) is 73.2 cm³/mol. The lowest BCUT2D eigenvalue weighted by Crippen LogP contribution is -2.01. The van der Waals surface area contributed by atoms with E-state index < -0.39 is 5.97 Å². The van der Waals surface area contributed by atoms with E-state index >= 15 is 0 Å². The van der Waals surface area contributed by atoms with Crippen molar-refractivity contribution in [2.45, 2.75) is 13.8 Å². The highest BCUT2D eigenvalue weighted by Gasteiger charge is 2.09. The minimum atomic E-state index is -1.05. The van der Waals surface area contributed by atoms with Crippen LogP contribution in [-0.2, 0) is 0 Å². The molecule has 0 saturated carbocycles. The van der Waals surface area contributed by atoms with Crippen molar-refractivity contribution >= 4 is 29.1 Å². The maximum atomic E-state index is 10.8. The smallest absolute Gasteiger partial charge is 0.337 e. The third-order valence-corrected chi connectivity index (χ3v) is 2.98. The first-order valence-corrected chi connectivity index (χ1v) is 5.95. The molecule has 98 valence electrons. The molecule has 2 aromatic rings. The number of carbonyl (C=O) groups is 1. The first-order valence-electron chi connectivity index (χ1n) is 5.57. The largest absolute Gasteiger partial charge is 0.478 e. The van der Waals surface area contributed by atoms with Crippen LogP contribution < -0.4 is 5.32 Å². The number of aromatic carboxylic acids is 1. The summed E-state index contributed by atoms with van der Waals surface area (Å²) < 4.78 is 0. The molecule has 0 atom stereocenters. The maximum Gasteiger partial charge on any atom is 0.337 e. The third kappa shape index (κ3) is 3.00. The van der Waals surface area contributed by atoms with Gasteiger partial charge in [-0.05, 0) is 32.0 Å². The monoisotopic (exact) mass is 277 g/mol. The number of hydrogen-bond acceptors (Lipinski definition) is 4. The zero-order chi connectivity index (χ0) is 14.0. The molecule has 5 nitrogen and oxygen atoms in total. The molecule has 1 aromatic carbocycles. The number of hydrogen-bond donors (Lipinski definition) is 2. The number of aromatic nitrogens is 2. The van der Waals surface area contributed by atoms with Crippen molar-refractivity contribution < 1.29 is 9.90 Å². The number of rotatable bonds is 3. The minimum absolute atomic E-state index is 0.0680. The molecule has 0 spiro atoms. The average molecular weight is 278 g/mol. The number of carboxylic acids is 1. The Balaban J connectivity index is 2.26. The fraction of sp³-hybridized carbons (Fsp3) is 0.154. The predicted octanol–water partition coefficient (Wildman–Crippen LogP) is 3.19. The highest BCUT2D eigenvalue weighted by atomic mass is 35.5. The molecule has 0 saturated heterocycles. The minimum Gasteiger partial charge on any atom is -0.478 e. The number of nitrogens with zero attached hydrogens (tertiary/aromatic N) is 2. The molecule has 1 heterocycles. The lowest BCUT2D eigenvalue weighted by molar-refractivity contribution is 0.0697. The van der Waals surface area contributed by atoms with Crippen LogP contribution in [0.25, 0.3) is 0 Å². The van der Waals surface area contributed by atoms with Crippen molar-refractivity contribution in [3.8, 4) is 0 Å². The van der Waals surface area contributed by atoms with E-state index in [1.807, 2.05) is 13.8 Å². The van der Waals surface area contributed by atoms with E-state index in [4.69, 9.17) is 16.7 Å². The van der Waals surface area contributed by atoms with Gasteiger partial charge >= 0.3 is 5.97 Å². The highest BCUT2D eigenvalue weighted by Crippen LogP contribution is 2.23. The SMILES string of the molecule is Cc1ncc(Nc2ccc(C(=O)O)c(Cl)c2)nc1C. The Hall–Kier alpha value is -2.14. The zero-order valence-electron chi connectivity index (χ0n) is 10.4. The molecular formula is C13H12ClN3O2. The quantitative estimate of drug-likeness (QED) is 0.901. The Morgan fingerprint density at radius 1 is 1.32 bits per heavy atom. The van der Waals surface area contributed by atoms with E-state index in [1.54, 1.807) is 18.3 Å². The van der Waals surface area contributed by atoms with Gasteiger partial charge in [-0.25, -0.2) is 9.78 Å². The van der Waals surface area contributed by atoms with Crippen LogP contribution in [0.15, 0.2) is 24.4 Å². The van der Waals surface area contributed by atoms with Crippen LogP contribution in [0, 0.1) is 13.8 Å². The van der Waals surface area contributed by atoms with Gasteiger partial charge in [-0.15, -0.1) is 0 Å². The Labute approximate surface area is 115 Å². The van der Waals surface area contributed by atoms with Gasteiger partial charge in [-0.1, -0.05) is 11.6 Å². The molecule has 0 aliphatic carbocycles. The number of benzene rings is 1. The topological polar surface area (TPSA) is 75.1 Å². The molecule has 2 N–H and O–H groups in total. The number of nitrogens with one attached hydrogen (secondary N) is 1. The summed E-state index contributed by atoms with van der Waals surface area (Å²) in [7, 11) is 0. The lowest BCUT2D eigenvalue weighted by atomic mass is 10.2. The summed E-state index contributed by atoms with van der Waals surface area (Å²) in [6.07, 6.45) is 1.61. The molecule has 0 aliphatic rings. The van der Waals surface area contributed by atoms with Gasteiger partial charge in [0.1, 0.15) is 5.82 Å². The van der Waals surface area contributed by atoms with E-state index in [-0.39, 0.29) is 10.6 Å². The van der Waals surface area contributed by atoms with Gasteiger partial charge in [-0.3, -0.25) is 4.98 Å². The van der Waals surface area contributed by atoms with Gasteiger partial charge < -0.3 is 10.4 Å². The van der Waals surface area contributed by atoms with Gasteiger partial charge in [0.15, 0.2) is 0 Å². The van der Waals surface area contributed by atoms with Gasteiger partial charge in [0.2, 0.25) is 0 Å². The fourth-order valence-electron chi connectivity index (χ4n) is 1.52. The second kappa shape index (κ2) is 5.24. The summed E-state index contributed by atoms with van der Waals surface area (Å²) in [6.45, 7) is 3.75. The number of aryl methyl sites for hydroxylation is 2. The Morgan fingerprint density at radius 3 is 2.63 bits per heavy atom. The Kier molecular flexibility index (Phi) is 3.66. The van der Waals surface area contributed by atoms with Gasteiger partial charge in [0.25, 0.3) is 0 Å². The van der Waals surface area contributed by atoms with E-state index in [2.05, 4.69) is 15.3 Å². The zero-order valence-corrected chi connectivity index (χ0v) is 11.2. The molecule has 0 aliphatic heterocycles. The van der Waals surface area contributed by atoms with Crippen LogP contribution in [0.4, 0.5) is 11.5 Å². The molecule has 1 aromatic heterocycles. The molecule has 0 unspecified atom stereocenters. The molecule has 2 rings (SSSR count). The summed E-state index contributed by atoms with van der Waals surface area (Å²) in [5.74, 6) is -0.468. The van der Waals surface area contributed by atoms with E-state index in [9.17, 15) is 4.79 Å². The summed E-state index contributed by atoms with van der Waals surface area (Å²) >= 11 is 5.89.